The molecule has 0 aliphatic carbocycles. The van der Waals surface area contributed by atoms with Crippen LogP contribution in [0.4, 0.5) is 0 Å². The minimum Gasteiger partial charge on any atom is -0.330 e. The first-order chi connectivity index (χ1) is 8.61. The third-order valence-corrected chi connectivity index (χ3v) is 3.36. The Labute approximate surface area is 109 Å². The lowest BCUT2D eigenvalue weighted by Gasteiger charge is -2.24. The van der Waals surface area contributed by atoms with Gasteiger partial charge in [0.05, 0.1) is 12.1 Å². The van der Waals surface area contributed by atoms with Gasteiger partial charge in [0, 0.05) is 18.3 Å². The van der Waals surface area contributed by atoms with E-state index < -0.39 is 0 Å². The topological polar surface area (TPSA) is 43.8 Å². The molecule has 2 unspecified atom stereocenters. The van der Waals surface area contributed by atoms with Gasteiger partial charge in [-0.1, -0.05) is 44.2 Å². The number of nitrogens with zero attached hydrogens (tertiary/aromatic N) is 2. The third-order valence-electron chi connectivity index (χ3n) is 3.36. The summed E-state index contributed by atoms with van der Waals surface area (Å²) in [7, 11) is 0. The lowest BCUT2D eigenvalue weighted by atomic mass is 10.0. The molecule has 3 heteroatoms. The van der Waals surface area contributed by atoms with Crippen molar-refractivity contribution in [3.8, 4) is 0 Å². The predicted octanol–water partition coefficient (Wildman–Crippen LogP) is 3.27. The molecule has 0 fully saturated rings. The van der Waals surface area contributed by atoms with Crippen LogP contribution in [0.1, 0.15) is 50.2 Å². The molecule has 1 heterocycles. The lowest BCUT2D eigenvalue weighted by Crippen LogP contribution is -2.23. The molecule has 0 amide bonds. The van der Waals surface area contributed by atoms with E-state index in [4.69, 9.17) is 5.73 Å². The largest absolute Gasteiger partial charge is 0.330 e. The van der Waals surface area contributed by atoms with Gasteiger partial charge < -0.3 is 10.3 Å². The van der Waals surface area contributed by atoms with Crippen LogP contribution in [0.25, 0.3) is 0 Å². The molecule has 0 saturated carbocycles. The Bertz CT molecular complexity index is 487. The predicted molar refractivity (Wildman–Crippen MR) is 74.4 cm³/mol. The Hall–Kier alpha value is -1.61. The van der Waals surface area contributed by atoms with E-state index in [1.165, 1.54) is 0 Å². The molecule has 0 aliphatic rings. The summed E-state index contributed by atoms with van der Waals surface area (Å²) in [6.45, 7) is 6.45. The van der Waals surface area contributed by atoms with Gasteiger partial charge in [0.2, 0.25) is 0 Å². The standard InChI is InChI=1S/C15H21N3/c1-11(2)15-17-9-10-18(15)12(3)14(16)13-7-5-4-6-8-13/h4-12,14H,16H2,1-3H3. The Morgan fingerprint density at radius 1 is 1.11 bits per heavy atom. The zero-order valence-electron chi connectivity index (χ0n) is 11.2. The summed E-state index contributed by atoms with van der Waals surface area (Å²) in [5.41, 5.74) is 7.51. The van der Waals surface area contributed by atoms with Crippen LogP contribution >= 0.6 is 0 Å². The first-order valence-electron chi connectivity index (χ1n) is 6.44. The van der Waals surface area contributed by atoms with Crippen molar-refractivity contribution in [1.82, 2.24) is 9.55 Å². The summed E-state index contributed by atoms with van der Waals surface area (Å²) in [6, 6.07) is 10.4. The van der Waals surface area contributed by atoms with E-state index in [2.05, 4.69) is 42.5 Å². The van der Waals surface area contributed by atoms with Crippen LogP contribution in [0.5, 0.6) is 0 Å². The van der Waals surface area contributed by atoms with Gasteiger partial charge >= 0.3 is 0 Å². The average Bonchev–Trinajstić information content (AvgIpc) is 2.87. The zero-order valence-corrected chi connectivity index (χ0v) is 11.2. The summed E-state index contributed by atoms with van der Waals surface area (Å²) in [4.78, 5) is 4.42. The quantitative estimate of drug-likeness (QED) is 0.895. The van der Waals surface area contributed by atoms with Gasteiger partial charge in [-0.3, -0.25) is 0 Å². The number of nitrogens with two attached hydrogens (primary N) is 1. The van der Waals surface area contributed by atoms with Crippen LogP contribution in [-0.2, 0) is 0 Å². The number of aromatic nitrogens is 2. The molecule has 1 aromatic heterocycles. The van der Waals surface area contributed by atoms with Crippen molar-refractivity contribution in [3.05, 3.63) is 54.1 Å². The maximum Gasteiger partial charge on any atom is 0.111 e. The Morgan fingerprint density at radius 3 is 2.39 bits per heavy atom. The van der Waals surface area contributed by atoms with Crippen LogP contribution in [0, 0.1) is 0 Å². The van der Waals surface area contributed by atoms with Crippen LogP contribution in [0.2, 0.25) is 0 Å². The minimum absolute atomic E-state index is 0.0158. The molecular weight excluding hydrogens is 222 g/mol. The van der Waals surface area contributed by atoms with E-state index in [1.807, 2.05) is 30.6 Å². The summed E-state index contributed by atoms with van der Waals surface area (Å²) >= 11 is 0. The highest BCUT2D eigenvalue weighted by Gasteiger charge is 2.19. The van der Waals surface area contributed by atoms with Crippen LogP contribution in [0.3, 0.4) is 0 Å². The van der Waals surface area contributed by atoms with Crippen molar-refractivity contribution in [1.29, 1.82) is 0 Å². The number of benzene rings is 1. The monoisotopic (exact) mass is 243 g/mol. The highest BCUT2D eigenvalue weighted by molar-refractivity contribution is 5.20. The van der Waals surface area contributed by atoms with Crippen LogP contribution < -0.4 is 5.73 Å². The van der Waals surface area contributed by atoms with E-state index >= 15 is 0 Å². The van der Waals surface area contributed by atoms with Crippen molar-refractivity contribution in [2.45, 2.75) is 38.8 Å². The highest BCUT2D eigenvalue weighted by Crippen LogP contribution is 2.26. The van der Waals surface area contributed by atoms with Gasteiger partial charge in [-0.25, -0.2) is 4.98 Å². The second-order valence-corrected chi connectivity index (χ2v) is 5.02. The van der Waals surface area contributed by atoms with E-state index in [-0.39, 0.29) is 12.1 Å². The fraction of sp³-hybridized carbons (Fsp3) is 0.400. The smallest absolute Gasteiger partial charge is 0.111 e. The Morgan fingerprint density at radius 2 is 1.78 bits per heavy atom. The van der Waals surface area contributed by atoms with E-state index in [1.54, 1.807) is 0 Å². The summed E-state index contributed by atoms with van der Waals surface area (Å²) in [6.07, 6.45) is 3.87. The Balaban J connectivity index is 2.26. The molecule has 2 atom stereocenters. The summed E-state index contributed by atoms with van der Waals surface area (Å²) in [5, 5.41) is 0. The molecule has 18 heavy (non-hydrogen) atoms. The first-order valence-corrected chi connectivity index (χ1v) is 6.44. The van der Waals surface area contributed by atoms with Crippen molar-refractivity contribution < 1.29 is 0 Å². The normalized spacial score (nSPS) is 14.7. The number of rotatable bonds is 4. The number of hydrogen-bond donors (Lipinski definition) is 1. The van der Waals surface area contributed by atoms with E-state index in [9.17, 15) is 0 Å². The second-order valence-electron chi connectivity index (χ2n) is 5.02. The van der Waals surface area contributed by atoms with Gasteiger partial charge in [0.25, 0.3) is 0 Å². The molecule has 1 aromatic carbocycles. The number of imidazole rings is 1. The highest BCUT2D eigenvalue weighted by atomic mass is 15.1. The van der Waals surface area contributed by atoms with Crippen LogP contribution in [-0.4, -0.2) is 9.55 Å². The molecule has 0 aliphatic heterocycles. The van der Waals surface area contributed by atoms with Crippen molar-refractivity contribution in [3.63, 3.8) is 0 Å². The molecule has 2 rings (SSSR count). The maximum absolute atomic E-state index is 6.35. The van der Waals surface area contributed by atoms with Crippen molar-refractivity contribution in [2.24, 2.45) is 5.73 Å². The van der Waals surface area contributed by atoms with Crippen molar-refractivity contribution in [2.75, 3.05) is 0 Å². The average molecular weight is 243 g/mol. The zero-order chi connectivity index (χ0) is 13.1. The Kier molecular flexibility index (Phi) is 3.82. The second kappa shape index (κ2) is 5.36. The first kappa shape index (κ1) is 12.8. The van der Waals surface area contributed by atoms with Gasteiger partial charge in [0.15, 0.2) is 0 Å². The lowest BCUT2D eigenvalue weighted by molar-refractivity contribution is 0.432. The van der Waals surface area contributed by atoms with Gasteiger partial charge in [-0.15, -0.1) is 0 Å². The van der Waals surface area contributed by atoms with Gasteiger partial charge in [0.1, 0.15) is 5.82 Å². The molecule has 0 spiro atoms. The number of hydrogen-bond acceptors (Lipinski definition) is 2. The molecule has 0 radical (unpaired) electrons. The van der Waals surface area contributed by atoms with Crippen LogP contribution in [0.15, 0.2) is 42.7 Å². The molecular formula is C15H21N3. The third kappa shape index (κ3) is 2.46. The molecule has 3 nitrogen and oxygen atoms in total. The molecule has 0 bridgehead atoms. The SMILES string of the molecule is CC(C)c1nccn1C(C)C(N)c1ccccc1. The van der Waals surface area contributed by atoms with E-state index in [0.29, 0.717) is 5.92 Å². The molecule has 2 aromatic rings. The van der Waals surface area contributed by atoms with Gasteiger partial charge in [-0.05, 0) is 12.5 Å². The van der Waals surface area contributed by atoms with E-state index in [0.717, 1.165) is 11.4 Å². The minimum atomic E-state index is -0.0158. The van der Waals surface area contributed by atoms with Gasteiger partial charge in [-0.2, -0.15) is 0 Å². The molecule has 0 saturated heterocycles. The fourth-order valence-corrected chi connectivity index (χ4v) is 2.24. The summed E-state index contributed by atoms with van der Waals surface area (Å²) in [5.74, 6) is 1.50. The summed E-state index contributed by atoms with van der Waals surface area (Å²) < 4.78 is 2.18. The maximum atomic E-state index is 6.35. The molecule has 2 N–H and O–H groups in total. The molecule has 96 valence electrons. The van der Waals surface area contributed by atoms with Crippen molar-refractivity contribution >= 4 is 0 Å². The fourth-order valence-electron chi connectivity index (χ4n) is 2.24.